The van der Waals surface area contributed by atoms with E-state index in [-0.39, 0.29) is 0 Å². The van der Waals surface area contributed by atoms with Gasteiger partial charge in [-0.1, -0.05) is 34.4 Å². The second-order valence-corrected chi connectivity index (χ2v) is 5.17. The van der Waals surface area contributed by atoms with Gasteiger partial charge in [0.15, 0.2) is 5.82 Å². The van der Waals surface area contributed by atoms with Gasteiger partial charge in [-0.2, -0.15) is 4.98 Å². The predicted molar refractivity (Wildman–Crippen MR) is 70.2 cm³/mol. The van der Waals surface area contributed by atoms with Gasteiger partial charge in [0.25, 0.3) is 0 Å². The fourth-order valence-electron chi connectivity index (χ4n) is 1.62. The molecule has 2 aromatic rings. The molecule has 0 bridgehead atoms. The van der Waals surface area contributed by atoms with Crippen LogP contribution in [0.2, 0.25) is 10.0 Å². The highest BCUT2D eigenvalue weighted by Gasteiger charge is 2.23. The van der Waals surface area contributed by atoms with Crippen molar-refractivity contribution in [1.82, 2.24) is 10.1 Å². The van der Waals surface area contributed by atoms with Gasteiger partial charge in [0, 0.05) is 12.5 Å². The molecule has 1 N–H and O–H groups in total. The van der Waals surface area contributed by atoms with Crippen LogP contribution in [0.15, 0.2) is 22.7 Å². The maximum atomic E-state index is 5.95. The zero-order valence-corrected chi connectivity index (χ0v) is 11.0. The Balaban J connectivity index is 1.70. The standard InChI is InChI=1S/C12H11Cl2N3O/c13-9-4-1-7(5-10(9)14)6-11-16-12(18-17-11)15-8-2-3-8/h1,4-5,8H,2-3,6H2,(H,15,16,17). The summed E-state index contributed by atoms with van der Waals surface area (Å²) in [5.74, 6) is 0.636. The van der Waals surface area contributed by atoms with Crippen LogP contribution in [0.5, 0.6) is 0 Å². The molecule has 1 fully saturated rings. The molecule has 1 aromatic carbocycles. The number of anilines is 1. The number of aromatic nitrogens is 2. The first-order valence-corrected chi connectivity index (χ1v) is 6.49. The summed E-state index contributed by atoms with van der Waals surface area (Å²) < 4.78 is 5.11. The number of nitrogens with zero attached hydrogens (tertiary/aromatic N) is 2. The van der Waals surface area contributed by atoms with Crippen LogP contribution >= 0.6 is 23.2 Å². The summed E-state index contributed by atoms with van der Waals surface area (Å²) in [6, 6.07) is 6.48. The third kappa shape index (κ3) is 2.76. The van der Waals surface area contributed by atoms with E-state index in [1.54, 1.807) is 6.07 Å². The van der Waals surface area contributed by atoms with Crippen LogP contribution in [0.4, 0.5) is 6.01 Å². The molecule has 3 rings (SSSR count). The molecule has 6 heteroatoms. The molecule has 1 aromatic heterocycles. The molecular weight excluding hydrogens is 273 g/mol. The van der Waals surface area contributed by atoms with Gasteiger partial charge in [-0.15, -0.1) is 0 Å². The van der Waals surface area contributed by atoms with Gasteiger partial charge in [0.1, 0.15) is 0 Å². The second-order valence-electron chi connectivity index (χ2n) is 4.36. The lowest BCUT2D eigenvalue weighted by molar-refractivity contribution is 0.423. The van der Waals surface area contributed by atoms with Crippen molar-refractivity contribution < 1.29 is 4.52 Å². The fraction of sp³-hybridized carbons (Fsp3) is 0.333. The highest BCUT2D eigenvalue weighted by atomic mass is 35.5. The second kappa shape index (κ2) is 4.78. The Morgan fingerprint density at radius 3 is 2.83 bits per heavy atom. The Hall–Kier alpha value is -1.26. The molecule has 1 aliphatic carbocycles. The number of halogens is 2. The number of hydrogen-bond donors (Lipinski definition) is 1. The van der Waals surface area contributed by atoms with Gasteiger partial charge in [0.2, 0.25) is 0 Å². The number of rotatable bonds is 4. The first kappa shape index (κ1) is 11.8. The van der Waals surface area contributed by atoms with Crippen molar-refractivity contribution in [3.63, 3.8) is 0 Å². The average Bonchev–Trinajstić information content (AvgIpc) is 3.04. The van der Waals surface area contributed by atoms with Crippen LogP contribution in [0.3, 0.4) is 0 Å². The maximum absolute atomic E-state index is 5.95. The molecule has 1 heterocycles. The lowest BCUT2D eigenvalue weighted by Gasteiger charge is -1.99. The third-order valence-electron chi connectivity index (χ3n) is 2.72. The molecule has 0 spiro atoms. The minimum absolute atomic E-state index is 0.493. The summed E-state index contributed by atoms with van der Waals surface area (Å²) in [4.78, 5) is 4.27. The van der Waals surface area contributed by atoms with Crippen molar-refractivity contribution in [2.45, 2.75) is 25.3 Å². The van der Waals surface area contributed by atoms with E-state index < -0.39 is 0 Å². The van der Waals surface area contributed by atoms with Gasteiger partial charge < -0.3 is 9.84 Å². The van der Waals surface area contributed by atoms with E-state index in [0.29, 0.717) is 34.3 Å². The number of hydrogen-bond acceptors (Lipinski definition) is 4. The van der Waals surface area contributed by atoms with E-state index in [4.69, 9.17) is 27.7 Å². The van der Waals surface area contributed by atoms with Crippen LogP contribution in [-0.4, -0.2) is 16.2 Å². The van der Waals surface area contributed by atoms with E-state index in [1.807, 2.05) is 12.1 Å². The third-order valence-corrected chi connectivity index (χ3v) is 3.46. The van der Waals surface area contributed by atoms with Crippen molar-refractivity contribution in [3.8, 4) is 0 Å². The fourth-order valence-corrected chi connectivity index (χ4v) is 1.94. The van der Waals surface area contributed by atoms with Crippen molar-refractivity contribution in [2.24, 2.45) is 0 Å². The SMILES string of the molecule is Clc1ccc(Cc2noc(NC3CC3)n2)cc1Cl. The first-order valence-electron chi connectivity index (χ1n) is 5.74. The van der Waals surface area contributed by atoms with Crippen molar-refractivity contribution >= 4 is 29.2 Å². The highest BCUT2D eigenvalue weighted by molar-refractivity contribution is 6.42. The van der Waals surface area contributed by atoms with E-state index in [0.717, 1.165) is 5.56 Å². The molecule has 0 saturated heterocycles. The molecule has 0 radical (unpaired) electrons. The predicted octanol–water partition coefficient (Wildman–Crippen LogP) is 3.54. The van der Waals surface area contributed by atoms with E-state index in [1.165, 1.54) is 12.8 Å². The van der Waals surface area contributed by atoms with Crippen molar-refractivity contribution in [2.75, 3.05) is 5.32 Å². The largest absolute Gasteiger partial charge is 0.335 e. The molecule has 0 atom stereocenters. The summed E-state index contributed by atoms with van der Waals surface area (Å²) in [5.41, 5.74) is 1.00. The summed E-state index contributed by atoms with van der Waals surface area (Å²) in [5, 5.41) is 8.16. The van der Waals surface area contributed by atoms with Gasteiger partial charge in [-0.05, 0) is 30.5 Å². The Kier molecular flexibility index (Phi) is 3.14. The summed E-state index contributed by atoms with van der Waals surface area (Å²) >= 11 is 11.8. The maximum Gasteiger partial charge on any atom is 0.321 e. The summed E-state index contributed by atoms with van der Waals surface area (Å²) in [6.07, 6.45) is 2.92. The van der Waals surface area contributed by atoms with Crippen LogP contribution in [0.25, 0.3) is 0 Å². The Morgan fingerprint density at radius 1 is 1.28 bits per heavy atom. The first-order chi connectivity index (χ1) is 8.70. The zero-order valence-electron chi connectivity index (χ0n) is 9.49. The quantitative estimate of drug-likeness (QED) is 0.933. The van der Waals surface area contributed by atoms with Crippen LogP contribution in [0, 0.1) is 0 Å². The Bertz CT molecular complexity index is 566. The molecule has 0 unspecified atom stereocenters. The molecule has 4 nitrogen and oxygen atoms in total. The topological polar surface area (TPSA) is 51.0 Å². The molecular formula is C12H11Cl2N3O. The van der Waals surface area contributed by atoms with E-state index in [2.05, 4.69) is 15.5 Å². The smallest absolute Gasteiger partial charge is 0.321 e. The molecule has 0 aliphatic heterocycles. The van der Waals surface area contributed by atoms with Crippen LogP contribution < -0.4 is 5.32 Å². The number of nitrogens with one attached hydrogen (secondary N) is 1. The monoisotopic (exact) mass is 283 g/mol. The summed E-state index contributed by atoms with van der Waals surface area (Å²) in [6.45, 7) is 0. The number of benzene rings is 1. The zero-order chi connectivity index (χ0) is 12.5. The lowest BCUT2D eigenvalue weighted by atomic mass is 10.1. The van der Waals surface area contributed by atoms with Gasteiger partial charge >= 0.3 is 6.01 Å². The Morgan fingerprint density at radius 2 is 2.11 bits per heavy atom. The molecule has 94 valence electrons. The normalized spacial score (nSPS) is 14.8. The van der Waals surface area contributed by atoms with E-state index >= 15 is 0 Å². The Labute approximate surface area is 114 Å². The van der Waals surface area contributed by atoms with Gasteiger partial charge in [-0.3, -0.25) is 0 Å². The molecule has 1 aliphatic rings. The molecule has 18 heavy (non-hydrogen) atoms. The van der Waals surface area contributed by atoms with Crippen LogP contribution in [0.1, 0.15) is 24.2 Å². The van der Waals surface area contributed by atoms with Crippen molar-refractivity contribution in [3.05, 3.63) is 39.6 Å². The van der Waals surface area contributed by atoms with E-state index in [9.17, 15) is 0 Å². The summed E-state index contributed by atoms with van der Waals surface area (Å²) in [7, 11) is 0. The lowest BCUT2D eigenvalue weighted by Crippen LogP contribution is -2.00. The van der Waals surface area contributed by atoms with Crippen LogP contribution in [-0.2, 0) is 6.42 Å². The minimum Gasteiger partial charge on any atom is -0.335 e. The molecule has 1 saturated carbocycles. The average molecular weight is 284 g/mol. The molecule has 0 amide bonds. The van der Waals surface area contributed by atoms with Gasteiger partial charge in [-0.25, -0.2) is 0 Å². The minimum atomic E-state index is 0.493. The highest BCUT2D eigenvalue weighted by Crippen LogP contribution is 2.25. The van der Waals surface area contributed by atoms with Crippen molar-refractivity contribution in [1.29, 1.82) is 0 Å². The van der Waals surface area contributed by atoms with Gasteiger partial charge in [0.05, 0.1) is 10.0 Å².